The Morgan fingerprint density at radius 2 is 1.88 bits per heavy atom. The van der Waals surface area contributed by atoms with E-state index in [2.05, 4.69) is 17.0 Å². The number of piperidine rings is 1. The van der Waals surface area contributed by atoms with Crippen molar-refractivity contribution in [2.24, 2.45) is 0 Å². The SMILES string of the molecule is CCN(C[C@@H]1CCCCO1)C(=O)c1ccc(N2CCCCC2)cc1. The lowest BCUT2D eigenvalue weighted by Crippen LogP contribution is -2.39. The fourth-order valence-corrected chi connectivity index (χ4v) is 3.70. The zero-order valence-electron chi connectivity index (χ0n) is 14.9. The first kappa shape index (κ1) is 17.3. The Balaban J connectivity index is 1.61. The lowest BCUT2D eigenvalue weighted by Gasteiger charge is -2.30. The van der Waals surface area contributed by atoms with Gasteiger partial charge in [0.2, 0.25) is 0 Å². The molecule has 0 unspecified atom stereocenters. The zero-order valence-corrected chi connectivity index (χ0v) is 14.9. The summed E-state index contributed by atoms with van der Waals surface area (Å²) in [6.45, 7) is 6.58. The molecule has 132 valence electrons. The highest BCUT2D eigenvalue weighted by molar-refractivity contribution is 5.94. The number of benzene rings is 1. The van der Waals surface area contributed by atoms with Crippen molar-refractivity contribution in [3.63, 3.8) is 0 Å². The Morgan fingerprint density at radius 1 is 1.12 bits per heavy atom. The quantitative estimate of drug-likeness (QED) is 0.825. The second-order valence-electron chi connectivity index (χ2n) is 6.93. The molecule has 24 heavy (non-hydrogen) atoms. The number of anilines is 1. The minimum Gasteiger partial charge on any atom is -0.376 e. The number of ether oxygens (including phenoxy) is 1. The lowest BCUT2D eigenvalue weighted by atomic mass is 10.1. The second kappa shape index (κ2) is 8.52. The van der Waals surface area contributed by atoms with Gasteiger partial charge < -0.3 is 14.5 Å². The first-order chi connectivity index (χ1) is 11.8. The summed E-state index contributed by atoms with van der Waals surface area (Å²) < 4.78 is 5.79. The van der Waals surface area contributed by atoms with Gasteiger partial charge in [-0.2, -0.15) is 0 Å². The van der Waals surface area contributed by atoms with Gasteiger partial charge in [0, 0.05) is 44.0 Å². The molecular formula is C20H30N2O2. The normalized spacial score (nSPS) is 21.5. The zero-order chi connectivity index (χ0) is 16.8. The minimum absolute atomic E-state index is 0.122. The Morgan fingerprint density at radius 3 is 2.50 bits per heavy atom. The fourth-order valence-electron chi connectivity index (χ4n) is 3.70. The highest BCUT2D eigenvalue weighted by Gasteiger charge is 2.21. The molecule has 4 heteroatoms. The Bertz CT molecular complexity index is 517. The number of carbonyl (C=O) groups excluding carboxylic acids is 1. The van der Waals surface area contributed by atoms with E-state index in [9.17, 15) is 4.79 Å². The molecule has 2 aliphatic heterocycles. The maximum Gasteiger partial charge on any atom is 0.253 e. The Hall–Kier alpha value is -1.55. The molecule has 2 heterocycles. The summed E-state index contributed by atoms with van der Waals surface area (Å²) in [5, 5.41) is 0. The van der Waals surface area contributed by atoms with Crippen molar-refractivity contribution >= 4 is 11.6 Å². The standard InChI is InChI=1S/C20H30N2O2/c1-2-21(16-19-8-4-7-15-24-19)20(23)17-9-11-18(12-10-17)22-13-5-3-6-14-22/h9-12,19H,2-8,13-16H2,1H3/t19-/m0/s1. The number of amides is 1. The topological polar surface area (TPSA) is 32.8 Å². The van der Waals surface area contributed by atoms with Gasteiger partial charge >= 0.3 is 0 Å². The van der Waals surface area contributed by atoms with E-state index in [0.717, 1.165) is 44.6 Å². The van der Waals surface area contributed by atoms with Crippen molar-refractivity contribution in [1.29, 1.82) is 0 Å². The summed E-state index contributed by atoms with van der Waals surface area (Å²) in [7, 11) is 0. The van der Waals surface area contributed by atoms with Gasteiger partial charge in [-0.25, -0.2) is 0 Å². The van der Waals surface area contributed by atoms with Gasteiger partial charge in [0.1, 0.15) is 0 Å². The third-order valence-electron chi connectivity index (χ3n) is 5.20. The molecule has 1 amide bonds. The van der Waals surface area contributed by atoms with Crippen molar-refractivity contribution in [3.05, 3.63) is 29.8 Å². The van der Waals surface area contributed by atoms with E-state index < -0.39 is 0 Å². The summed E-state index contributed by atoms with van der Waals surface area (Å²) in [6.07, 6.45) is 7.50. The average molecular weight is 330 g/mol. The minimum atomic E-state index is 0.122. The van der Waals surface area contributed by atoms with Gasteiger partial charge in [0.15, 0.2) is 0 Å². The van der Waals surface area contributed by atoms with Gasteiger partial charge in [0.05, 0.1) is 6.10 Å². The molecule has 2 aliphatic rings. The molecule has 2 fully saturated rings. The molecule has 0 radical (unpaired) electrons. The van der Waals surface area contributed by atoms with Crippen LogP contribution in [0.5, 0.6) is 0 Å². The molecule has 2 saturated heterocycles. The molecule has 0 aliphatic carbocycles. The first-order valence-corrected chi connectivity index (χ1v) is 9.54. The van der Waals surface area contributed by atoms with E-state index in [0.29, 0.717) is 6.54 Å². The highest BCUT2D eigenvalue weighted by atomic mass is 16.5. The van der Waals surface area contributed by atoms with Crippen LogP contribution >= 0.6 is 0 Å². The third kappa shape index (κ3) is 4.29. The summed E-state index contributed by atoms with van der Waals surface area (Å²) in [4.78, 5) is 17.1. The molecule has 0 bridgehead atoms. The van der Waals surface area contributed by atoms with Crippen LogP contribution in [0.4, 0.5) is 5.69 Å². The number of carbonyl (C=O) groups is 1. The van der Waals surface area contributed by atoms with Gasteiger partial charge in [-0.05, 0) is 69.7 Å². The summed E-state index contributed by atoms with van der Waals surface area (Å²) in [6, 6.07) is 8.17. The summed E-state index contributed by atoms with van der Waals surface area (Å²) >= 11 is 0. The molecule has 0 spiro atoms. The molecule has 0 saturated carbocycles. The van der Waals surface area contributed by atoms with E-state index in [1.54, 1.807) is 0 Å². The molecule has 4 nitrogen and oxygen atoms in total. The smallest absolute Gasteiger partial charge is 0.253 e. The van der Waals surface area contributed by atoms with Crippen molar-refractivity contribution < 1.29 is 9.53 Å². The van der Waals surface area contributed by atoms with Crippen LogP contribution in [0.3, 0.4) is 0 Å². The predicted molar refractivity (Wildman–Crippen MR) is 97.7 cm³/mol. The number of hydrogen-bond acceptors (Lipinski definition) is 3. The van der Waals surface area contributed by atoms with Crippen molar-refractivity contribution in [3.8, 4) is 0 Å². The average Bonchev–Trinajstić information content (AvgIpc) is 2.67. The molecule has 1 aromatic carbocycles. The van der Waals surface area contributed by atoms with E-state index in [-0.39, 0.29) is 12.0 Å². The lowest BCUT2D eigenvalue weighted by molar-refractivity contribution is -0.00311. The van der Waals surface area contributed by atoms with Gasteiger partial charge in [-0.1, -0.05) is 0 Å². The maximum atomic E-state index is 12.8. The summed E-state index contributed by atoms with van der Waals surface area (Å²) in [5.74, 6) is 0.122. The Kier molecular flexibility index (Phi) is 6.13. The van der Waals surface area contributed by atoms with E-state index in [4.69, 9.17) is 4.74 Å². The molecular weight excluding hydrogens is 300 g/mol. The largest absolute Gasteiger partial charge is 0.376 e. The molecule has 1 aromatic rings. The van der Waals surface area contributed by atoms with Crippen LogP contribution in [0.15, 0.2) is 24.3 Å². The van der Waals surface area contributed by atoms with Gasteiger partial charge in [-0.15, -0.1) is 0 Å². The first-order valence-electron chi connectivity index (χ1n) is 9.54. The molecule has 0 N–H and O–H groups in total. The number of nitrogens with zero attached hydrogens (tertiary/aromatic N) is 2. The number of likely N-dealkylation sites (N-methyl/N-ethyl adjacent to an activating group) is 1. The van der Waals surface area contributed by atoms with Crippen LogP contribution in [-0.2, 0) is 4.74 Å². The monoisotopic (exact) mass is 330 g/mol. The van der Waals surface area contributed by atoms with Crippen LogP contribution in [0, 0.1) is 0 Å². The predicted octanol–water partition coefficient (Wildman–Crippen LogP) is 3.71. The third-order valence-corrected chi connectivity index (χ3v) is 5.20. The Labute approximate surface area is 145 Å². The van der Waals surface area contributed by atoms with E-state index in [1.807, 2.05) is 24.0 Å². The van der Waals surface area contributed by atoms with Crippen molar-refractivity contribution in [2.45, 2.75) is 51.6 Å². The van der Waals surface area contributed by atoms with Crippen LogP contribution in [-0.4, -0.2) is 49.7 Å². The molecule has 0 aromatic heterocycles. The second-order valence-corrected chi connectivity index (χ2v) is 6.93. The van der Waals surface area contributed by atoms with Crippen molar-refractivity contribution in [1.82, 2.24) is 4.90 Å². The molecule has 3 rings (SSSR count). The van der Waals surface area contributed by atoms with Crippen LogP contribution in [0.1, 0.15) is 55.8 Å². The van der Waals surface area contributed by atoms with Crippen LogP contribution < -0.4 is 4.90 Å². The maximum absolute atomic E-state index is 12.8. The number of rotatable bonds is 5. The van der Waals surface area contributed by atoms with E-state index >= 15 is 0 Å². The van der Waals surface area contributed by atoms with E-state index in [1.165, 1.54) is 31.4 Å². The van der Waals surface area contributed by atoms with Gasteiger partial charge in [0.25, 0.3) is 5.91 Å². The summed E-state index contributed by atoms with van der Waals surface area (Å²) in [5.41, 5.74) is 2.03. The van der Waals surface area contributed by atoms with Crippen LogP contribution in [0.25, 0.3) is 0 Å². The highest BCUT2D eigenvalue weighted by Crippen LogP contribution is 2.21. The number of hydrogen-bond donors (Lipinski definition) is 0. The van der Waals surface area contributed by atoms with Crippen molar-refractivity contribution in [2.75, 3.05) is 37.7 Å². The van der Waals surface area contributed by atoms with Crippen LogP contribution in [0.2, 0.25) is 0 Å². The van der Waals surface area contributed by atoms with Gasteiger partial charge in [-0.3, -0.25) is 4.79 Å². The molecule has 1 atom stereocenters. The fraction of sp³-hybridized carbons (Fsp3) is 0.650.